The molecule has 0 aromatic heterocycles. The van der Waals surface area contributed by atoms with Crippen molar-refractivity contribution in [1.82, 2.24) is 0 Å². The van der Waals surface area contributed by atoms with Gasteiger partial charge in [0, 0.05) is 6.42 Å². The number of rotatable bonds is 2. The predicted octanol–water partition coefficient (Wildman–Crippen LogP) is 4.01. The fourth-order valence-corrected chi connectivity index (χ4v) is 2.16. The van der Waals surface area contributed by atoms with E-state index in [1.165, 1.54) is 24.0 Å². The van der Waals surface area contributed by atoms with E-state index in [0.29, 0.717) is 5.76 Å². The van der Waals surface area contributed by atoms with Crippen LogP contribution in [0.25, 0.3) is 0 Å². The van der Waals surface area contributed by atoms with Gasteiger partial charge in [-0.15, -0.1) is 0 Å². The summed E-state index contributed by atoms with van der Waals surface area (Å²) in [4.78, 5) is 0. The van der Waals surface area contributed by atoms with Gasteiger partial charge in [-0.25, -0.2) is 0 Å². The first-order chi connectivity index (χ1) is 7.36. The molecule has 0 saturated heterocycles. The normalized spacial score (nSPS) is 17.6. The molecule has 0 amide bonds. The lowest BCUT2D eigenvalue weighted by atomic mass is 10.0. The lowest BCUT2D eigenvalue weighted by molar-refractivity contribution is 0.378. The first-order valence-electron chi connectivity index (χ1n) is 5.80. The van der Waals surface area contributed by atoms with Crippen LogP contribution < -0.4 is 0 Å². The molecule has 0 saturated carbocycles. The molecule has 1 N–H and O–H groups in total. The zero-order chi connectivity index (χ0) is 10.5. The van der Waals surface area contributed by atoms with Crippen molar-refractivity contribution in [2.24, 2.45) is 0 Å². The van der Waals surface area contributed by atoms with E-state index in [2.05, 4.69) is 24.3 Å². The molecular weight excluding hydrogens is 184 g/mol. The summed E-state index contributed by atoms with van der Waals surface area (Å²) < 4.78 is 0. The Morgan fingerprint density at radius 1 is 0.933 bits per heavy atom. The maximum atomic E-state index is 9.89. The minimum absolute atomic E-state index is 0.649. The molecule has 1 aliphatic carbocycles. The zero-order valence-electron chi connectivity index (χ0n) is 9.08. The van der Waals surface area contributed by atoms with Crippen LogP contribution in [0.5, 0.6) is 0 Å². The molecule has 1 nitrogen and oxygen atoms in total. The topological polar surface area (TPSA) is 20.2 Å². The Bertz CT molecular complexity index is 338. The maximum absolute atomic E-state index is 9.89. The van der Waals surface area contributed by atoms with Gasteiger partial charge < -0.3 is 5.11 Å². The van der Waals surface area contributed by atoms with Gasteiger partial charge in [0.05, 0.1) is 5.76 Å². The number of benzene rings is 1. The molecule has 1 aromatic carbocycles. The van der Waals surface area contributed by atoms with Crippen LogP contribution in [0.1, 0.15) is 37.7 Å². The molecule has 0 atom stereocenters. The van der Waals surface area contributed by atoms with Crippen molar-refractivity contribution in [3.05, 3.63) is 47.2 Å². The summed E-state index contributed by atoms with van der Waals surface area (Å²) in [6.07, 6.45) is 6.49. The summed E-state index contributed by atoms with van der Waals surface area (Å²) in [5.74, 6) is 0.649. The van der Waals surface area contributed by atoms with E-state index in [9.17, 15) is 5.11 Å². The summed E-state index contributed by atoms with van der Waals surface area (Å²) >= 11 is 0. The van der Waals surface area contributed by atoms with Gasteiger partial charge in [0.1, 0.15) is 0 Å². The second kappa shape index (κ2) is 5.01. The highest BCUT2D eigenvalue weighted by Crippen LogP contribution is 2.24. The molecule has 0 fully saturated rings. The van der Waals surface area contributed by atoms with Crippen LogP contribution in [0.3, 0.4) is 0 Å². The molecule has 0 heterocycles. The molecule has 1 aliphatic rings. The minimum Gasteiger partial charge on any atom is -0.512 e. The molecule has 0 spiro atoms. The summed E-state index contributed by atoms with van der Waals surface area (Å²) in [6.45, 7) is 0. The third-order valence-electron chi connectivity index (χ3n) is 3.06. The highest BCUT2D eigenvalue weighted by molar-refractivity contribution is 5.23. The lowest BCUT2D eigenvalue weighted by Gasteiger charge is -2.07. The zero-order valence-corrected chi connectivity index (χ0v) is 9.08. The van der Waals surface area contributed by atoms with Gasteiger partial charge in [0.2, 0.25) is 0 Å². The van der Waals surface area contributed by atoms with Crippen molar-refractivity contribution < 1.29 is 5.11 Å². The summed E-state index contributed by atoms with van der Waals surface area (Å²) in [5.41, 5.74) is 2.56. The van der Waals surface area contributed by atoms with Crippen molar-refractivity contribution in [3.63, 3.8) is 0 Å². The fraction of sp³-hybridized carbons (Fsp3) is 0.429. The molecule has 1 heteroatoms. The molecule has 0 unspecified atom stereocenters. The summed E-state index contributed by atoms with van der Waals surface area (Å²) in [6, 6.07) is 10.4. The van der Waals surface area contributed by atoms with Crippen LogP contribution in [0.2, 0.25) is 0 Å². The van der Waals surface area contributed by atoms with E-state index < -0.39 is 0 Å². The van der Waals surface area contributed by atoms with E-state index in [0.717, 1.165) is 25.7 Å². The van der Waals surface area contributed by atoms with Crippen LogP contribution in [0.15, 0.2) is 41.7 Å². The smallest absolute Gasteiger partial charge is 0.0917 e. The number of allylic oxidation sites excluding steroid dienone is 2. The average Bonchev–Trinajstić information content (AvgIpc) is 2.46. The molecule has 0 bridgehead atoms. The number of aliphatic hydroxyl groups excluding tert-OH is 1. The molecule has 1 aromatic rings. The molecule has 0 aliphatic heterocycles. The van der Waals surface area contributed by atoms with Crippen molar-refractivity contribution in [3.8, 4) is 0 Å². The lowest BCUT2D eigenvalue weighted by Crippen LogP contribution is -1.94. The van der Waals surface area contributed by atoms with Crippen LogP contribution in [-0.2, 0) is 6.42 Å². The summed E-state index contributed by atoms with van der Waals surface area (Å²) in [7, 11) is 0. The fourth-order valence-electron chi connectivity index (χ4n) is 2.16. The Hall–Kier alpha value is -1.24. The van der Waals surface area contributed by atoms with Crippen LogP contribution in [0.4, 0.5) is 0 Å². The highest BCUT2D eigenvalue weighted by Gasteiger charge is 2.10. The highest BCUT2D eigenvalue weighted by atomic mass is 16.3. The number of hydrogen-bond donors (Lipinski definition) is 1. The van der Waals surface area contributed by atoms with Gasteiger partial charge in [0.15, 0.2) is 0 Å². The third kappa shape index (κ3) is 2.85. The minimum atomic E-state index is 0.649. The van der Waals surface area contributed by atoms with Crippen molar-refractivity contribution in [1.29, 1.82) is 0 Å². The van der Waals surface area contributed by atoms with E-state index in [1.54, 1.807) is 0 Å². The van der Waals surface area contributed by atoms with Gasteiger partial charge in [-0.05, 0) is 36.8 Å². The Balaban J connectivity index is 2.10. The largest absolute Gasteiger partial charge is 0.512 e. The number of hydrogen-bond acceptors (Lipinski definition) is 1. The van der Waals surface area contributed by atoms with Crippen LogP contribution in [-0.4, -0.2) is 5.11 Å². The van der Waals surface area contributed by atoms with E-state index in [1.807, 2.05) is 6.07 Å². The Kier molecular flexibility index (Phi) is 3.44. The quantitative estimate of drug-likeness (QED) is 0.768. The van der Waals surface area contributed by atoms with Gasteiger partial charge >= 0.3 is 0 Å². The Morgan fingerprint density at radius 3 is 2.47 bits per heavy atom. The summed E-state index contributed by atoms with van der Waals surface area (Å²) in [5, 5.41) is 9.89. The second-order valence-corrected chi connectivity index (χ2v) is 4.27. The van der Waals surface area contributed by atoms with E-state index in [4.69, 9.17) is 0 Å². The van der Waals surface area contributed by atoms with Gasteiger partial charge in [-0.2, -0.15) is 0 Å². The maximum Gasteiger partial charge on any atom is 0.0917 e. The van der Waals surface area contributed by atoms with Gasteiger partial charge in [-0.1, -0.05) is 36.8 Å². The molecule has 15 heavy (non-hydrogen) atoms. The first kappa shape index (κ1) is 10.3. The van der Waals surface area contributed by atoms with Crippen LogP contribution >= 0.6 is 0 Å². The molecule has 80 valence electrons. The van der Waals surface area contributed by atoms with Gasteiger partial charge in [-0.3, -0.25) is 0 Å². The van der Waals surface area contributed by atoms with E-state index >= 15 is 0 Å². The Labute approximate surface area is 91.4 Å². The van der Waals surface area contributed by atoms with Crippen molar-refractivity contribution >= 4 is 0 Å². The second-order valence-electron chi connectivity index (χ2n) is 4.27. The molecular formula is C14H18O. The Morgan fingerprint density at radius 2 is 1.67 bits per heavy atom. The molecule has 0 radical (unpaired) electrons. The van der Waals surface area contributed by atoms with Gasteiger partial charge in [0.25, 0.3) is 0 Å². The monoisotopic (exact) mass is 202 g/mol. The predicted molar refractivity (Wildman–Crippen MR) is 62.9 cm³/mol. The standard InChI is InChI=1S/C14H18O/c15-14-10-6-2-5-9-13(14)11-12-7-3-1-4-8-12/h1,3-4,7-8,15H,2,5-6,9-11H2. The first-order valence-corrected chi connectivity index (χ1v) is 5.80. The van der Waals surface area contributed by atoms with Crippen molar-refractivity contribution in [2.75, 3.05) is 0 Å². The third-order valence-corrected chi connectivity index (χ3v) is 3.06. The van der Waals surface area contributed by atoms with Crippen LogP contribution in [0, 0.1) is 0 Å². The van der Waals surface area contributed by atoms with Crippen molar-refractivity contribution in [2.45, 2.75) is 38.5 Å². The molecule has 2 rings (SSSR count). The number of aliphatic hydroxyl groups is 1. The van der Waals surface area contributed by atoms with E-state index in [-0.39, 0.29) is 0 Å². The average molecular weight is 202 g/mol. The SMILES string of the molecule is OC1=C(Cc2ccccc2)CCCCC1.